The van der Waals surface area contributed by atoms with Gasteiger partial charge in [-0.2, -0.15) is 0 Å². The molecule has 0 amide bonds. The molecule has 3 rings (SSSR count). The highest BCUT2D eigenvalue weighted by molar-refractivity contribution is 6.08. The largest absolute Gasteiger partial charge is 0.465 e. The molecule has 0 bridgehead atoms. The molecule has 0 atom stereocenters. The average Bonchev–Trinajstić information content (AvgIpc) is 2.93. The molecule has 2 aromatic rings. The number of esters is 2. The van der Waals surface area contributed by atoms with Crippen molar-refractivity contribution in [1.29, 1.82) is 0 Å². The molecular weight excluding hydrogens is 316 g/mol. The molecule has 0 aliphatic carbocycles. The number of nitro groups is 1. The van der Waals surface area contributed by atoms with Gasteiger partial charge in [0.05, 0.1) is 34.5 Å². The Bertz CT molecular complexity index is 873. The number of benzene rings is 1. The van der Waals surface area contributed by atoms with Crippen LogP contribution in [0.15, 0.2) is 24.3 Å². The number of aromatic nitrogens is 1. The number of ether oxygens (including phenoxy) is 2. The van der Waals surface area contributed by atoms with Gasteiger partial charge in [-0.1, -0.05) is 0 Å². The highest BCUT2D eigenvalue weighted by Gasteiger charge is 2.32. The van der Waals surface area contributed by atoms with E-state index in [9.17, 15) is 19.7 Å². The smallest absolute Gasteiger partial charge is 0.341 e. The Hall–Kier alpha value is -3.29. The lowest BCUT2D eigenvalue weighted by molar-refractivity contribution is -0.384. The molecule has 1 aromatic carbocycles. The maximum Gasteiger partial charge on any atom is 0.341 e. The fourth-order valence-corrected chi connectivity index (χ4v) is 2.69. The quantitative estimate of drug-likeness (QED) is 0.483. The molecule has 1 aliphatic rings. The number of carbonyl (C=O) groups excluding carboxylic acids is 2. The topological polar surface area (TPSA) is 109 Å². The minimum Gasteiger partial charge on any atom is -0.465 e. The summed E-state index contributed by atoms with van der Waals surface area (Å²) in [6.45, 7) is 1.65. The molecule has 24 heavy (non-hydrogen) atoms. The van der Waals surface area contributed by atoms with Crippen molar-refractivity contribution in [3.63, 3.8) is 0 Å². The second-order valence-corrected chi connectivity index (χ2v) is 5.14. The lowest BCUT2D eigenvalue weighted by Gasteiger charge is -2.13. The number of nitrogens with zero attached hydrogens (tertiary/aromatic N) is 2. The van der Waals surface area contributed by atoms with E-state index in [2.05, 4.69) is 4.98 Å². The number of aryl methyl sites for hydroxylation is 1. The van der Waals surface area contributed by atoms with E-state index >= 15 is 0 Å². The number of pyridine rings is 1. The predicted octanol–water partition coefficient (Wildman–Crippen LogP) is 2.42. The van der Waals surface area contributed by atoms with Gasteiger partial charge in [0, 0.05) is 17.7 Å². The van der Waals surface area contributed by atoms with Gasteiger partial charge in [0.25, 0.3) is 5.69 Å². The van der Waals surface area contributed by atoms with E-state index in [1.54, 1.807) is 6.92 Å². The monoisotopic (exact) mass is 328 g/mol. The summed E-state index contributed by atoms with van der Waals surface area (Å²) in [5.74, 6) is -1.23. The minimum atomic E-state index is -0.643. The Morgan fingerprint density at radius 3 is 2.54 bits per heavy atom. The van der Waals surface area contributed by atoms with E-state index in [1.807, 2.05) is 0 Å². The number of non-ortho nitro benzene ring substituents is 1. The van der Waals surface area contributed by atoms with Gasteiger partial charge in [-0.05, 0) is 24.6 Å². The first-order valence-electron chi connectivity index (χ1n) is 6.97. The Balaban J connectivity index is 2.30. The number of hydrogen-bond acceptors (Lipinski definition) is 7. The van der Waals surface area contributed by atoms with E-state index < -0.39 is 16.9 Å². The van der Waals surface area contributed by atoms with Crippen LogP contribution in [0.3, 0.4) is 0 Å². The molecule has 2 heterocycles. The third kappa shape index (κ3) is 2.37. The van der Waals surface area contributed by atoms with Gasteiger partial charge in [0.1, 0.15) is 6.61 Å². The highest BCUT2D eigenvalue weighted by atomic mass is 16.6. The van der Waals surface area contributed by atoms with Crippen LogP contribution in [-0.4, -0.2) is 29.0 Å². The zero-order valence-electron chi connectivity index (χ0n) is 12.9. The van der Waals surface area contributed by atoms with Crippen molar-refractivity contribution in [3.05, 3.63) is 56.9 Å². The third-order valence-corrected chi connectivity index (χ3v) is 3.75. The SMILES string of the molecule is COC(=O)c1c(C)nc2c(c1-c1ccc([N+](=O)[O-])cc1)C(=O)OC2. The Morgan fingerprint density at radius 2 is 1.96 bits per heavy atom. The van der Waals surface area contributed by atoms with E-state index in [-0.39, 0.29) is 23.4 Å². The van der Waals surface area contributed by atoms with E-state index in [1.165, 1.54) is 31.4 Å². The van der Waals surface area contributed by atoms with Crippen LogP contribution in [0, 0.1) is 17.0 Å². The molecule has 8 nitrogen and oxygen atoms in total. The number of hydrogen-bond donors (Lipinski definition) is 0. The molecule has 0 saturated carbocycles. The first kappa shape index (κ1) is 15.6. The Labute approximate surface area is 136 Å². The van der Waals surface area contributed by atoms with Crippen molar-refractivity contribution >= 4 is 17.6 Å². The lowest BCUT2D eigenvalue weighted by Crippen LogP contribution is -2.12. The van der Waals surface area contributed by atoms with Gasteiger partial charge < -0.3 is 9.47 Å². The molecule has 0 unspecified atom stereocenters. The first-order chi connectivity index (χ1) is 11.4. The van der Waals surface area contributed by atoms with Gasteiger partial charge in [-0.3, -0.25) is 15.1 Å². The number of cyclic esters (lactones) is 1. The summed E-state index contributed by atoms with van der Waals surface area (Å²) in [6, 6.07) is 5.56. The summed E-state index contributed by atoms with van der Waals surface area (Å²) >= 11 is 0. The normalized spacial score (nSPS) is 12.5. The molecular formula is C16H12N2O6. The van der Waals surface area contributed by atoms with Gasteiger partial charge in [0.15, 0.2) is 0 Å². The number of fused-ring (bicyclic) bond motifs is 1. The van der Waals surface area contributed by atoms with E-state index in [0.29, 0.717) is 22.5 Å². The van der Waals surface area contributed by atoms with Crippen LogP contribution in [0.5, 0.6) is 0 Å². The predicted molar refractivity (Wildman–Crippen MR) is 81.5 cm³/mol. The zero-order valence-corrected chi connectivity index (χ0v) is 12.9. The molecule has 122 valence electrons. The van der Waals surface area contributed by atoms with Crippen molar-refractivity contribution < 1.29 is 24.0 Å². The molecule has 1 aromatic heterocycles. The number of methoxy groups -OCH3 is 1. The third-order valence-electron chi connectivity index (χ3n) is 3.75. The van der Waals surface area contributed by atoms with Crippen molar-refractivity contribution in [2.45, 2.75) is 13.5 Å². The molecule has 8 heteroatoms. The molecule has 1 aliphatic heterocycles. The van der Waals surface area contributed by atoms with Gasteiger partial charge in [-0.15, -0.1) is 0 Å². The number of rotatable bonds is 3. The fourth-order valence-electron chi connectivity index (χ4n) is 2.69. The maximum absolute atomic E-state index is 12.2. The summed E-state index contributed by atoms with van der Waals surface area (Å²) in [6.07, 6.45) is 0. The summed E-state index contributed by atoms with van der Waals surface area (Å²) in [5, 5.41) is 10.8. The number of carbonyl (C=O) groups is 2. The van der Waals surface area contributed by atoms with Crippen molar-refractivity contribution in [2.24, 2.45) is 0 Å². The average molecular weight is 328 g/mol. The molecule has 0 N–H and O–H groups in total. The zero-order chi connectivity index (χ0) is 17.4. The lowest BCUT2D eigenvalue weighted by atomic mass is 9.93. The molecule has 0 saturated heterocycles. The van der Waals surface area contributed by atoms with Crippen LogP contribution in [0.25, 0.3) is 11.1 Å². The second-order valence-electron chi connectivity index (χ2n) is 5.14. The van der Waals surface area contributed by atoms with Crippen LogP contribution in [0.4, 0.5) is 5.69 Å². The van der Waals surface area contributed by atoms with E-state index in [4.69, 9.17) is 9.47 Å². The van der Waals surface area contributed by atoms with Gasteiger partial charge in [0.2, 0.25) is 0 Å². The van der Waals surface area contributed by atoms with Crippen LogP contribution in [0.1, 0.15) is 32.1 Å². The summed E-state index contributed by atoms with van der Waals surface area (Å²) in [4.78, 5) is 38.8. The van der Waals surface area contributed by atoms with E-state index in [0.717, 1.165) is 0 Å². The van der Waals surface area contributed by atoms with Crippen LogP contribution >= 0.6 is 0 Å². The van der Waals surface area contributed by atoms with Crippen molar-refractivity contribution in [1.82, 2.24) is 4.98 Å². The van der Waals surface area contributed by atoms with Crippen LogP contribution in [-0.2, 0) is 16.1 Å². The Morgan fingerprint density at radius 1 is 1.29 bits per heavy atom. The standard InChI is InChI=1S/C16H12N2O6/c1-8-12(15(19)23-2)13(14-11(17-8)7-24-16(14)20)9-3-5-10(6-4-9)18(21)22/h3-6H,7H2,1-2H3. The van der Waals surface area contributed by atoms with Crippen molar-refractivity contribution in [3.8, 4) is 11.1 Å². The van der Waals surface area contributed by atoms with Crippen LogP contribution in [0.2, 0.25) is 0 Å². The van der Waals surface area contributed by atoms with Gasteiger partial charge >= 0.3 is 11.9 Å². The summed E-state index contributed by atoms with van der Waals surface area (Å²) in [7, 11) is 1.23. The second kappa shape index (κ2) is 5.73. The fraction of sp³-hybridized carbons (Fsp3) is 0.188. The molecule has 0 spiro atoms. The summed E-state index contributed by atoms with van der Waals surface area (Å²) < 4.78 is 9.81. The molecule has 0 radical (unpaired) electrons. The van der Waals surface area contributed by atoms with Crippen LogP contribution < -0.4 is 0 Å². The highest BCUT2D eigenvalue weighted by Crippen LogP contribution is 2.36. The summed E-state index contributed by atoms with van der Waals surface area (Å²) in [5.41, 5.74) is 1.86. The molecule has 0 fully saturated rings. The number of nitro benzene ring substituents is 1. The Kier molecular flexibility index (Phi) is 3.72. The van der Waals surface area contributed by atoms with Crippen molar-refractivity contribution in [2.75, 3.05) is 7.11 Å². The maximum atomic E-state index is 12.2. The van der Waals surface area contributed by atoms with Gasteiger partial charge in [-0.25, -0.2) is 9.59 Å². The minimum absolute atomic E-state index is 0.0242. The first-order valence-corrected chi connectivity index (χ1v) is 6.97.